The first-order chi connectivity index (χ1) is 6.63. The molecule has 0 unspecified atom stereocenters. The van der Waals surface area contributed by atoms with E-state index in [9.17, 15) is 4.79 Å². The molecular weight excluding hydrogens is 208 g/mol. The summed E-state index contributed by atoms with van der Waals surface area (Å²) in [6, 6.07) is 0. The highest BCUT2D eigenvalue weighted by Gasteiger charge is 2.40. The number of carbonyl (C=O) groups is 1. The van der Waals surface area contributed by atoms with Crippen LogP contribution >= 0.6 is 11.6 Å². The Morgan fingerprint density at radius 2 is 2.07 bits per heavy atom. The molecule has 0 aliphatic carbocycles. The van der Waals surface area contributed by atoms with Gasteiger partial charge in [-0.05, 0) is 13.8 Å². The minimum Gasteiger partial charge on any atom is -0.445 e. The largest absolute Gasteiger partial charge is 0.445 e. The highest BCUT2D eigenvalue weighted by molar-refractivity contribution is 6.42. The van der Waals surface area contributed by atoms with Crippen molar-refractivity contribution in [1.82, 2.24) is 0 Å². The van der Waals surface area contributed by atoms with Gasteiger partial charge in [0.1, 0.15) is 17.7 Å². The highest BCUT2D eigenvalue weighted by atomic mass is 35.5. The van der Waals surface area contributed by atoms with Gasteiger partial charge in [0.2, 0.25) is 0 Å². The third kappa shape index (κ3) is 2.47. The average Bonchev–Trinajstić information content (AvgIpc) is 2.13. The molecule has 0 spiro atoms. The maximum Gasteiger partial charge on any atom is 0.334 e. The molecule has 0 atom stereocenters. The fraction of sp³-hybridized carbons (Fsp3) is 0.667. The van der Waals surface area contributed by atoms with Gasteiger partial charge < -0.3 is 14.2 Å². The summed E-state index contributed by atoms with van der Waals surface area (Å²) in [4.78, 5) is 11.3. The molecule has 0 amide bonds. The summed E-state index contributed by atoms with van der Waals surface area (Å²) >= 11 is 5.57. The molecule has 0 bridgehead atoms. The van der Waals surface area contributed by atoms with Crippen molar-refractivity contribution < 1.29 is 19.0 Å². The molecule has 0 aromatic carbocycles. The van der Waals surface area contributed by atoms with E-state index in [0.717, 1.165) is 0 Å². The minimum atomic E-state index is -1.28. The zero-order valence-electron chi connectivity index (χ0n) is 8.21. The van der Waals surface area contributed by atoms with Gasteiger partial charge in [0, 0.05) is 0 Å². The van der Waals surface area contributed by atoms with Crippen molar-refractivity contribution in [2.75, 3.05) is 13.2 Å². The Balaban J connectivity index is 2.75. The second-order valence-electron chi connectivity index (χ2n) is 2.73. The Morgan fingerprint density at radius 1 is 1.50 bits per heavy atom. The summed E-state index contributed by atoms with van der Waals surface area (Å²) in [5.74, 6) is -1.52. The number of carbonyl (C=O) groups excluding carboxylic acids is 1. The van der Waals surface area contributed by atoms with Crippen LogP contribution in [0.5, 0.6) is 0 Å². The summed E-state index contributed by atoms with van der Waals surface area (Å²) in [6.07, 6.45) is 1.16. The van der Waals surface area contributed by atoms with Gasteiger partial charge in [0.25, 0.3) is 0 Å². The Kier molecular flexibility index (Phi) is 3.92. The van der Waals surface area contributed by atoms with Gasteiger partial charge in [-0.3, -0.25) is 4.79 Å². The molecule has 1 aliphatic rings. The minimum absolute atomic E-state index is 0.00991. The van der Waals surface area contributed by atoms with Gasteiger partial charge in [0.15, 0.2) is 5.78 Å². The number of rotatable bonds is 4. The Labute approximate surface area is 87.8 Å². The molecule has 0 radical (unpaired) electrons. The molecule has 5 heteroatoms. The van der Waals surface area contributed by atoms with Gasteiger partial charge in [-0.25, -0.2) is 0 Å². The first kappa shape index (κ1) is 11.5. The molecule has 0 aromatic heterocycles. The van der Waals surface area contributed by atoms with Crippen LogP contribution in [0, 0.1) is 0 Å². The maximum absolute atomic E-state index is 11.3. The zero-order valence-corrected chi connectivity index (χ0v) is 8.97. The fourth-order valence-corrected chi connectivity index (χ4v) is 1.29. The predicted molar refractivity (Wildman–Crippen MR) is 50.6 cm³/mol. The van der Waals surface area contributed by atoms with Crippen molar-refractivity contribution in [3.8, 4) is 0 Å². The summed E-state index contributed by atoms with van der Waals surface area (Å²) in [7, 11) is 0. The van der Waals surface area contributed by atoms with Crippen LogP contribution in [-0.2, 0) is 19.0 Å². The first-order valence-electron chi connectivity index (χ1n) is 4.48. The second kappa shape index (κ2) is 4.77. The molecule has 80 valence electrons. The lowest BCUT2D eigenvalue weighted by Gasteiger charge is -2.33. The fourth-order valence-electron chi connectivity index (χ4n) is 1.18. The zero-order chi connectivity index (χ0) is 10.6. The van der Waals surface area contributed by atoms with E-state index in [1.54, 1.807) is 13.8 Å². The van der Waals surface area contributed by atoms with Crippen LogP contribution in [0.1, 0.15) is 20.3 Å². The topological polar surface area (TPSA) is 44.8 Å². The van der Waals surface area contributed by atoms with Crippen LogP contribution in [-0.4, -0.2) is 25.0 Å². The van der Waals surface area contributed by atoms with Crippen molar-refractivity contribution in [2.45, 2.75) is 26.2 Å². The maximum atomic E-state index is 11.3. The normalized spacial score (nSPS) is 20.2. The summed E-state index contributed by atoms with van der Waals surface area (Å²) in [5.41, 5.74) is 0. The van der Waals surface area contributed by atoms with Crippen molar-refractivity contribution >= 4 is 17.4 Å². The second-order valence-corrected chi connectivity index (χ2v) is 3.14. The monoisotopic (exact) mass is 220 g/mol. The lowest BCUT2D eigenvalue weighted by molar-refractivity contribution is -0.358. The van der Waals surface area contributed by atoms with E-state index in [1.165, 1.54) is 6.26 Å². The molecule has 0 aromatic rings. The van der Waals surface area contributed by atoms with Gasteiger partial charge in [-0.1, -0.05) is 11.6 Å². The van der Waals surface area contributed by atoms with Gasteiger partial charge in [-0.15, -0.1) is 0 Å². The Hall–Kier alpha value is -0.580. The molecule has 0 saturated heterocycles. The van der Waals surface area contributed by atoms with Gasteiger partial charge in [-0.2, -0.15) is 0 Å². The number of ketones is 1. The van der Waals surface area contributed by atoms with Crippen LogP contribution in [0.25, 0.3) is 0 Å². The lowest BCUT2D eigenvalue weighted by Crippen LogP contribution is -2.42. The Bertz CT molecular complexity index is 243. The van der Waals surface area contributed by atoms with Crippen LogP contribution in [0.2, 0.25) is 0 Å². The van der Waals surface area contributed by atoms with Crippen molar-refractivity contribution in [3.05, 3.63) is 11.3 Å². The molecule has 0 fully saturated rings. The van der Waals surface area contributed by atoms with Crippen molar-refractivity contribution in [1.29, 1.82) is 0 Å². The molecule has 1 heterocycles. The van der Waals surface area contributed by atoms with Crippen LogP contribution in [0.15, 0.2) is 11.3 Å². The third-order valence-electron chi connectivity index (χ3n) is 1.71. The molecule has 4 nitrogen and oxygen atoms in total. The number of ether oxygens (including phenoxy) is 3. The molecule has 1 aliphatic heterocycles. The molecular formula is C9H13ClO4. The third-order valence-corrected chi connectivity index (χ3v) is 2.01. The summed E-state index contributed by atoms with van der Waals surface area (Å²) < 4.78 is 15.7. The first-order valence-corrected chi connectivity index (χ1v) is 4.86. The van der Waals surface area contributed by atoms with Crippen LogP contribution in [0.4, 0.5) is 0 Å². The van der Waals surface area contributed by atoms with E-state index < -0.39 is 5.97 Å². The number of halogens is 1. The molecule has 1 rings (SSSR count). The van der Waals surface area contributed by atoms with E-state index in [-0.39, 0.29) is 17.2 Å². The van der Waals surface area contributed by atoms with E-state index >= 15 is 0 Å². The standard InChI is InChI=1S/C9H13ClO4/c1-3-12-9(13-4-2)5-8(11)7(10)6-14-9/h6H,3-5H2,1-2H3. The van der Waals surface area contributed by atoms with Crippen LogP contribution in [0.3, 0.4) is 0 Å². The van der Waals surface area contributed by atoms with Gasteiger partial charge in [0.05, 0.1) is 13.2 Å². The summed E-state index contributed by atoms with van der Waals surface area (Å²) in [6.45, 7) is 4.40. The average molecular weight is 221 g/mol. The SMILES string of the molecule is CCOC1(OCC)CC(=O)C(Cl)=CO1. The van der Waals surface area contributed by atoms with E-state index in [1.807, 2.05) is 0 Å². The van der Waals surface area contributed by atoms with Gasteiger partial charge >= 0.3 is 5.97 Å². The molecule has 0 N–H and O–H groups in total. The number of Topliss-reactive ketones (excluding diaryl/α,β-unsaturated/α-hetero) is 1. The number of hydrogen-bond acceptors (Lipinski definition) is 4. The lowest BCUT2D eigenvalue weighted by atomic mass is 10.2. The van der Waals surface area contributed by atoms with E-state index in [2.05, 4.69) is 0 Å². The quantitative estimate of drug-likeness (QED) is 0.678. The highest BCUT2D eigenvalue weighted by Crippen LogP contribution is 2.28. The van der Waals surface area contributed by atoms with Crippen molar-refractivity contribution in [2.24, 2.45) is 0 Å². The van der Waals surface area contributed by atoms with E-state index in [4.69, 9.17) is 25.8 Å². The molecule has 14 heavy (non-hydrogen) atoms. The smallest absolute Gasteiger partial charge is 0.334 e. The summed E-state index contributed by atoms with van der Waals surface area (Å²) in [5, 5.41) is 0.0695. The number of hydrogen-bond donors (Lipinski definition) is 0. The Morgan fingerprint density at radius 3 is 2.50 bits per heavy atom. The van der Waals surface area contributed by atoms with E-state index in [0.29, 0.717) is 13.2 Å². The molecule has 0 saturated carbocycles. The predicted octanol–water partition coefficient (Wildman–Crippen LogP) is 1.78. The van der Waals surface area contributed by atoms with Crippen molar-refractivity contribution in [3.63, 3.8) is 0 Å². The number of allylic oxidation sites excluding steroid dienone is 1. The van der Waals surface area contributed by atoms with Crippen LogP contribution < -0.4 is 0 Å².